The number of rotatable bonds is 5. The van der Waals surface area contributed by atoms with Crippen molar-refractivity contribution in [1.82, 2.24) is 19.5 Å². The van der Waals surface area contributed by atoms with E-state index in [0.717, 1.165) is 121 Å². The Morgan fingerprint density at radius 2 is 0.797 bits per heavy atom. The second-order valence-electron chi connectivity index (χ2n) is 16.3. The highest BCUT2D eigenvalue weighted by Gasteiger charge is 2.22. The second kappa shape index (κ2) is 13.3. The summed E-state index contributed by atoms with van der Waals surface area (Å²) in [7, 11) is 0. The smallest absolute Gasteiger partial charge is 0.238 e. The van der Waals surface area contributed by atoms with Gasteiger partial charge in [0.15, 0.2) is 11.6 Å². The number of fused-ring (bicyclic) bond motifs is 12. The van der Waals surface area contributed by atoms with E-state index in [0.29, 0.717) is 17.6 Å². The van der Waals surface area contributed by atoms with Crippen LogP contribution in [0.15, 0.2) is 207 Å². The molecule has 7 heteroatoms. The van der Waals surface area contributed by atoms with Crippen molar-refractivity contribution >= 4 is 87.6 Å². The van der Waals surface area contributed by atoms with Crippen LogP contribution in [0.2, 0.25) is 0 Å². The van der Waals surface area contributed by atoms with Crippen LogP contribution in [0.1, 0.15) is 0 Å². The van der Waals surface area contributed by atoms with Gasteiger partial charge in [0, 0.05) is 65.3 Å². The molecule has 64 heavy (non-hydrogen) atoms. The fourth-order valence-electron chi connectivity index (χ4n) is 9.74. The molecule has 0 aliphatic carbocycles. The van der Waals surface area contributed by atoms with Crippen LogP contribution in [0, 0.1) is 0 Å². The molecule has 0 aliphatic rings. The van der Waals surface area contributed by atoms with Gasteiger partial charge in [-0.3, -0.25) is 4.57 Å². The maximum Gasteiger partial charge on any atom is 0.238 e. The van der Waals surface area contributed by atoms with Gasteiger partial charge in [0.05, 0.1) is 11.0 Å². The van der Waals surface area contributed by atoms with E-state index in [1.165, 1.54) is 0 Å². The molecule has 5 aromatic heterocycles. The lowest BCUT2D eigenvalue weighted by Crippen LogP contribution is -2.07. The van der Waals surface area contributed by atoms with Gasteiger partial charge in [0.25, 0.3) is 0 Å². The Morgan fingerprint density at radius 1 is 0.312 bits per heavy atom. The molecule has 14 aromatic rings. The second-order valence-corrected chi connectivity index (χ2v) is 16.3. The number of hydrogen-bond donors (Lipinski definition) is 0. The first-order valence-corrected chi connectivity index (χ1v) is 21.3. The molecule has 298 valence electrons. The summed E-state index contributed by atoms with van der Waals surface area (Å²) >= 11 is 0. The van der Waals surface area contributed by atoms with Crippen molar-refractivity contribution < 1.29 is 13.3 Å². The number of para-hydroxylation sites is 6. The third-order valence-electron chi connectivity index (χ3n) is 12.7. The first-order valence-electron chi connectivity index (χ1n) is 21.3. The zero-order valence-corrected chi connectivity index (χ0v) is 34.0. The molecular weight excluding hydrogens is 789 g/mol. The number of benzene rings is 9. The third-order valence-corrected chi connectivity index (χ3v) is 12.7. The maximum atomic E-state index is 6.51. The molecule has 7 nitrogen and oxygen atoms in total. The molecule has 5 heterocycles. The van der Waals surface area contributed by atoms with E-state index in [4.69, 9.17) is 28.2 Å². The van der Waals surface area contributed by atoms with E-state index in [2.05, 4.69) is 138 Å². The Morgan fingerprint density at radius 3 is 1.45 bits per heavy atom. The molecule has 0 fully saturated rings. The lowest BCUT2D eigenvalue weighted by Gasteiger charge is -2.13. The van der Waals surface area contributed by atoms with Crippen LogP contribution in [0.5, 0.6) is 0 Å². The Hall–Kier alpha value is -8.81. The van der Waals surface area contributed by atoms with Gasteiger partial charge in [0.1, 0.15) is 33.5 Å². The molecule has 0 radical (unpaired) electrons. The number of hydrogen-bond acceptors (Lipinski definition) is 6. The first kappa shape index (κ1) is 34.9. The van der Waals surface area contributed by atoms with Gasteiger partial charge in [0.2, 0.25) is 5.95 Å². The van der Waals surface area contributed by atoms with Crippen LogP contribution in [-0.2, 0) is 0 Å². The molecule has 0 atom stereocenters. The molecule has 0 spiro atoms. The average molecular weight is 821 g/mol. The lowest BCUT2D eigenvalue weighted by atomic mass is 9.96. The van der Waals surface area contributed by atoms with Crippen molar-refractivity contribution in [3.63, 3.8) is 0 Å². The predicted octanol–water partition coefficient (Wildman–Crippen LogP) is 15.3. The molecule has 0 saturated heterocycles. The molecule has 0 aliphatic heterocycles. The van der Waals surface area contributed by atoms with E-state index in [1.54, 1.807) is 0 Å². The fourth-order valence-corrected chi connectivity index (χ4v) is 9.74. The molecule has 0 bridgehead atoms. The van der Waals surface area contributed by atoms with Gasteiger partial charge in [-0.1, -0.05) is 140 Å². The maximum absolute atomic E-state index is 6.51. The van der Waals surface area contributed by atoms with E-state index in [1.807, 2.05) is 60.7 Å². The number of aromatic nitrogens is 4. The summed E-state index contributed by atoms with van der Waals surface area (Å²) in [5.74, 6) is 1.55. The van der Waals surface area contributed by atoms with Crippen molar-refractivity contribution in [3.8, 4) is 51.0 Å². The van der Waals surface area contributed by atoms with Crippen molar-refractivity contribution in [2.45, 2.75) is 0 Å². The Kier molecular flexibility index (Phi) is 7.27. The van der Waals surface area contributed by atoms with Crippen molar-refractivity contribution in [1.29, 1.82) is 0 Å². The summed E-state index contributed by atoms with van der Waals surface area (Å²) in [6.45, 7) is 0. The van der Waals surface area contributed by atoms with Gasteiger partial charge in [-0.15, -0.1) is 0 Å². The number of nitrogens with zero attached hydrogens (tertiary/aromatic N) is 4. The van der Waals surface area contributed by atoms with Crippen molar-refractivity contribution in [2.75, 3.05) is 0 Å². The molecule has 0 unspecified atom stereocenters. The monoisotopic (exact) mass is 820 g/mol. The average Bonchev–Trinajstić information content (AvgIpc) is 4.12. The minimum absolute atomic E-state index is 0.497. The van der Waals surface area contributed by atoms with Gasteiger partial charge < -0.3 is 13.3 Å². The normalized spacial score (nSPS) is 12.1. The standard InChI is InChI=1S/C57H32N4O3/c1-5-22-47-39(14-1)45-20-10-18-37(33-12-9-13-34(30-33)38-19-11-21-46-42-17-4-8-25-50(42)64-54(38)46)53(45)61(47)57-59-55(35-26-28-43-40-15-2-6-23-48(40)62-51(43)31-35)58-56(60-57)36-27-29-44-41-16-3-7-24-49(41)63-52(44)32-36/h1-32H. The van der Waals surface area contributed by atoms with Gasteiger partial charge in [-0.05, 0) is 65.7 Å². The van der Waals surface area contributed by atoms with Crippen LogP contribution in [-0.4, -0.2) is 19.5 Å². The van der Waals surface area contributed by atoms with Crippen LogP contribution >= 0.6 is 0 Å². The number of furan rings is 3. The summed E-state index contributed by atoms with van der Waals surface area (Å²) in [5.41, 5.74) is 12.8. The minimum atomic E-state index is 0.497. The van der Waals surface area contributed by atoms with E-state index in [9.17, 15) is 0 Å². The topological polar surface area (TPSA) is 83.0 Å². The van der Waals surface area contributed by atoms with Gasteiger partial charge in [-0.2, -0.15) is 9.97 Å². The highest BCUT2D eigenvalue weighted by molar-refractivity contribution is 6.14. The van der Waals surface area contributed by atoms with Crippen LogP contribution in [0.3, 0.4) is 0 Å². The van der Waals surface area contributed by atoms with E-state index >= 15 is 0 Å². The summed E-state index contributed by atoms with van der Waals surface area (Å²) in [4.78, 5) is 15.9. The summed E-state index contributed by atoms with van der Waals surface area (Å²) in [5, 5.41) is 8.60. The Labute approximate surface area is 364 Å². The zero-order chi connectivity index (χ0) is 41.9. The highest BCUT2D eigenvalue weighted by Crippen LogP contribution is 2.42. The van der Waals surface area contributed by atoms with Crippen molar-refractivity contribution in [2.24, 2.45) is 0 Å². The molecule has 0 amide bonds. The fraction of sp³-hybridized carbons (Fsp3) is 0. The Balaban J connectivity index is 1.01. The SMILES string of the molecule is c1cc(-c2cccc3c2oc2ccccc23)cc(-c2cccc3c4ccccc4n(-c4nc(-c5ccc6c(c5)oc5ccccc56)nc(-c5ccc6c(c5)oc5ccccc56)n4)c23)c1. The summed E-state index contributed by atoms with van der Waals surface area (Å²) in [6, 6.07) is 66.9. The molecule has 0 N–H and O–H groups in total. The van der Waals surface area contributed by atoms with Crippen LogP contribution in [0.4, 0.5) is 0 Å². The Bertz CT molecular complexity index is 4090. The zero-order valence-electron chi connectivity index (χ0n) is 34.0. The minimum Gasteiger partial charge on any atom is -0.456 e. The van der Waals surface area contributed by atoms with Crippen molar-refractivity contribution in [3.05, 3.63) is 194 Å². The quantitative estimate of drug-likeness (QED) is 0.172. The summed E-state index contributed by atoms with van der Waals surface area (Å²) < 4.78 is 21.5. The van der Waals surface area contributed by atoms with Crippen LogP contribution in [0.25, 0.3) is 139 Å². The first-order chi connectivity index (χ1) is 31.7. The summed E-state index contributed by atoms with van der Waals surface area (Å²) in [6.07, 6.45) is 0. The van der Waals surface area contributed by atoms with Gasteiger partial charge >= 0.3 is 0 Å². The van der Waals surface area contributed by atoms with E-state index in [-0.39, 0.29) is 0 Å². The van der Waals surface area contributed by atoms with Gasteiger partial charge in [-0.25, -0.2) is 4.98 Å². The van der Waals surface area contributed by atoms with Crippen LogP contribution < -0.4 is 0 Å². The lowest BCUT2D eigenvalue weighted by molar-refractivity contribution is 0.668. The molecule has 0 saturated carbocycles. The highest BCUT2D eigenvalue weighted by atomic mass is 16.3. The third kappa shape index (κ3) is 5.18. The predicted molar refractivity (Wildman–Crippen MR) is 258 cm³/mol. The van der Waals surface area contributed by atoms with E-state index < -0.39 is 0 Å². The molecule has 14 rings (SSSR count). The molecule has 9 aromatic carbocycles. The largest absolute Gasteiger partial charge is 0.456 e. The molecular formula is C57H32N4O3.